The summed E-state index contributed by atoms with van der Waals surface area (Å²) in [5, 5.41) is 15.6. The maximum Gasteiger partial charge on any atom is 0.251 e. The van der Waals surface area contributed by atoms with E-state index in [1.807, 2.05) is 6.92 Å². The summed E-state index contributed by atoms with van der Waals surface area (Å²) in [6.07, 6.45) is 5.83. The summed E-state index contributed by atoms with van der Waals surface area (Å²) in [7, 11) is 0. The lowest BCUT2D eigenvalue weighted by atomic mass is 9.85. The van der Waals surface area contributed by atoms with Gasteiger partial charge in [0, 0.05) is 30.0 Å². The van der Waals surface area contributed by atoms with Gasteiger partial charge < -0.3 is 10.6 Å². The van der Waals surface area contributed by atoms with Gasteiger partial charge in [-0.05, 0) is 62.4 Å². The van der Waals surface area contributed by atoms with Crippen LogP contribution in [0, 0.1) is 16.7 Å². The molecule has 1 aromatic heterocycles. The van der Waals surface area contributed by atoms with Crippen molar-refractivity contribution in [3.63, 3.8) is 0 Å². The number of benzene rings is 1. The van der Waals surface area contributed by atoms with E-state index in [2.05, 4.69) is 26.7 Å². The first-order chi connectivity index (χ1) is 14.5. The minimum absolute atomic E-state index is 0.0612. The number of hydrogen-bond donors (Lipinski definition) is 2. The van der Waals surface area contributed by atoms with Crippen molar-refractivity contribution in [1.29, 1.82) is 5.26 Å². The van der Waals surface area contributed by atoms with E-state index < -0.39 is 5.41 Å². The average Bonchev–Trinajstić information content (AvgIpc) is 3.08. The van der Waals surface area contributed by atoms with Crippen molar-refractivity contribution in [1.82, 2.24) is 15.3 Å². The highest BCUT2D eigenvalue weighted by molar-refractivity contribution is 6.01. The van der Waals surface area contributed by atoms with Crippen LogP contribution in [-0.2, 0) is 4.79 Å². The molecule has 1 aliphatic carbocycles. The van der Waals surface area contributed by atoms with E-state index >= 15 is 0 Å². The summed E-state index contributed by atoms with van der Waals surface area (Å²) in [6.45, 7) is 2.31. The summed E-state index contributed by atoms with van der Waals surface area (Å²) in [5.41, 5.74) is 0.381. The number of rotatable bonds is 6. The molecular weight excluding hydrogens is 380 g/mol. The lowest BCUT2D eigenvalue weighted by molar-refractivity contribution is -0.123. The molecule has 8 nitrogen and oxygen atoms in total. The molecule has 0 bridgehead atoms. The smallest absolute Gasteiger partial charge is 0.251 e. The average molecular weight is 404 g/mol. The van der Waals surface area contributed by atoms with E-state index in [1.54, 1.807) is 41.4 Å². The van der Waals surface area contributed by atoms with Crippen LogP contribution in [0.4, 0.5) is 17.5 Å². The van der Waals surface area contributed by atoms with Crippen LogP contribution in [0.25, 0.3) is 0 Å². The zero-order valence-electron chi connectivity index (χ0n) is 16.9. The molecule has 30 heavy (non-hydrogen) atoms. The number of carbonyl (C=O) groups excluding carboxylic acids is 2. The van der Waals surface area contributed by atoms with Crippen molar-refractivity contribution in [3.05, 3.63) is 42.1 Å². The third-order valence-corrected chi connectivity index (χ3v) is 6.00. The predicted octanol–water partition coefficient (Wildman–Crippen LogP) is 3.16. The number of nitriles is 1. The van der Waals surface area contributed by atoms with Crippen LogP contribution in [0.2, 0.25) is 0 Å². The highest BCUT2D eigenvalue weighted by Gasteiger charge is 2.46. The summed E-state index contributed by atoms with van der Waals surface area (Å²) in [4.78, 5) is 35.2. The molecule has 2 aliphatic rings. The molecule has 2 fully saturated rings. The monoisotopic (exact) mass is 404 g/mol. The number of hydrogen-bond acceptors (Lipinski definition) is 6. The second-order valence-corrected chi connectivity index (χ2v) is 7.80. The summed E-state index contributed by atoms with van der Waals surface area (Å²) >= 11 is 0. The first kappa shape index (κ1) is 19.8. The van der Waals surface area contributed by atoms with Crippen LogP contribution in [0.15, 0.2) is 36.5 Å². The van der Waals surface area contributed by atoms with Crippen molar-refractivity contribution in [2.45, 2.75) is 45.1 Å². The lowest BCUT2D eigenvalue weighted by Gasteiger charge is -2.26. The van der Waals surface area contributed by atoms with E-state index in [4.69, 9.17) is 0 Å². The van der Waals surface area contributed by atoms with Gasteiger partial charge in [0.1, 0.15) is 11.2 Å². The second kappa shape index (κ2) is 8.11. The maximum absolute atomic E-state index is 12.7. The topological polar surface area (TPSA) is 111 Å². The van der Waals surface area contributed by atoms with Crippen LogP contribution in [0.3, 0.4) is 0 Å². The number of nitrogens with zero attached hydrogens (tertiary/aromatic N) is 4. The number of amides is 2. The Morgan fingerprint density at radius 3 is 2.67 bits per heavy atom. The molecule has 1 aromatic carbocycles. The molecule has 2 N–H and O–H groups in total. The molecule has 1 saturated heterocycles. The van der Waals surface area contributed by atoms with Crippen molar-refractivity contribution in [2.24, 2.45) is 5.41 Å². The Kier molecular flexibility index (Phi) is 5.36. The number of nitrogens with one attached hydrogen (secondary N) is 2. The third-order valence-electron chi connectivity index (χ3n) is 6.00. The molecule has 1 saturated carbocycles. The van der Waals surface area contributed by atoms with Crippen LogP contribution >= 0.6 is 0 Å². The Bertz CT molecular complexity index is 995. The first-order valence-electron chi connectivity index (χ1n) is 10.3. The molecule has 4 rings (SSSR count). The third kappa shape index (κ3) is 3.71. The fourth-order valence-corrected chi connectivity index (χ4v) is 3.71. The van der Waals surface area contributed by atoms with E-state index in [9.17, 15) is 14.9 Å². The van der Waals surface area contributed by atoms with Gasteiger partial charge in [-0.2, -0.15) is 10.2 Å². The predicted molar refractivity (Wildman–Crippen MR) is 112 cm³/mol. The Labute approximate surface area is 175 Å². The molecule has 0 spiro atoms. The molecule has 1 aliphatic heterocycles. The molecule has 1 atom stereocenters. The summed E-state index contributed by atoms with van der Waals surface area (Å²) in [5.74, 6) is 0.547. The second-order valence-electron chi connectivity index (χ2n) is 7.80. The fraction of sp³-hybridized carbons (Fsp3) is 0.409. The Hall–Kier alpha value is -3.47. The normalized spacial score (nSPS) is 21.1. The highest BCUT2D eigenvalue weighted by Crippen LogP contribution is 2.36. The molecular formula is C22H24N6O2. The molecule has 2 heterocycles. The zero-order chi connectivity index (χ0) is 21.1. The van der Waals surface area contributed by atoms with Gasteiger partial charge in [0.15, 0.2) is 0 Å². The number of carbonyl (C=O) groups is 2. The van der Waals surface area contributed by atoms with Gasteiger partial charge in [-0.1, -0.05) is 6.92 Å². The van der Waals surface area contributed by atoms with E-state index in [0.717, 1.165) is 18.5 Å². The summed E-state index contributed by atoms with van der Waals surface area (Å²) < 4.78 is 0. The van der Waals surface area contributed by atoms with Crippen LogP contribution in [-0.4, -0.2) is 34.4 Å². The standard InChI is InChI=1S/C22H24N6O2/c1-2-22(14-23)11-13-28(20(22)30)18-10-12-24-21(27-18)26-17-8-6-15(7-9-17)19(29)25-16-4-3-5-16/h6-10,12,16H,2-5,11,13H2,1H3,(H,25,29)(H,24,26,27). The Balaban J connectivity index is 1.44. The number of anilines is 3. The van der Waals surface area contributed by atoms with Gasteiger partial charge in [0.05, 0.1) is 6.07 Å². The van der Waals surface area contributed by atoms with Gasteiger partial charge >= 0.3 is 0 Å². The Morgan fingerprint density at radius 2 is 2.07 bits per heavy atom. The quantitative estimate of drug-likeness (QED) is 0.765. The minimum atomic E-state index is -0.964. The van der Waals surface area contributed by atoms with Gasteiger partial charge in [-0.15, -0.1) is 0 Å². The lowest BCUT2D eigenvalue weighted by Crippen LogP contribution is -2.39. The SMILES string of the molecule is CCC1(C#N)CCN(c2ccnc(Nc3ccc(C(=O)NC4CCC4)cc3)n2)C1=O. The molecule has 154 valence electrons. The van der Waals surface area contributed by atoms with E-state index in [-0.39, 0.29) is 11.8 Å². The van der Waals surface area contributed by atoms with Crippen LogP contribution in [0.1, 0.15) is 49.4 Å². The maximum atomic E-state index is 12.7. The largest absolute Gasteiger partial charge is 0.349 e. The number of aromatic nitrogens is 2. The minimum Gasteiger partial charge on any atom is -0.349 e. The van der Waals surface area contributed by atoms with Crippen molar-refractivity contribution in [2.75, 3.05) is 16.8 Å². The van der Waals surface area contributed by atoms with Crippen molar-refractivity contribution in [3.8, 4) is 6.07 Å². The molecule has 2 amide bonds. The molecule has 0 radical (unpaired) electrons. The highest BCUT2D eigenvalue weighted by atomic mass is 16.2. The summed E-state index contributed by atoms with van der Waals surface area (Å²) in [6, 6.07) is 11.3. The van der Waals surface area contributed by atoms with Crippen molar-refractivity contribution >= 4 is 29.3 Å². The fourth-order valence-electron chi connectivity index (χ4n) is 3.71. The Morgan fingerprint density at radius 1 is 1.30 bits per heavy atom. The van der Waals surface area contributed by atoms with E-state index in [0.29, 0.717) is 42.8 Å². The van der Waals surface area contributed by atoms with E-state index in [1.165, 1.54) is 6.42 Å². The zero-order valence-corrected chi connectivity index (χ0v) is 16.9. The molecule has 2 aromatic rings. The molecule has 8 heteroatoms. The van der Waals surface area contributed by atoms with Gasteiger partial charge in [-0.3, -0.25) is 14.5 Å². The van der Waals surface area contributed by atoms with Gasteiger partial charge in [0.2, 0.25) is 11.9 Å². The molecule has 1 unspecified atom stereocenters. The van der Waals surface area contributed by atoms with Crippen LogP contribution in [0.5, 0.6) is 0 Å². The first-order valence-corrected chi connectivity index (χ1v) is 10.3. The van der Waals surface area contributed by atoms with Crippen LogP contribution < -0.4 is 15.5 Å². The van der Waals surface area contributed by atoms with Crippen molar-refractivity contribution < 1.29 is 9.59 Å². The van der Waals surface area contributed by atoms with Gasteiger partial charge in [0.25, 0.3) is 5.91 Å². The van der Waals surface area contributed by atoms with Gasteiger partial charge in [-0.25, -0.2) is 4.98 Å².